The van der Waals surface area contributed by atoms with Crippen LogP contribution in [0.1, 0.15) is 36.7 Å². The predicted octanol–water partition coefficient (Wildman–Crippen LogP) is 2.14. The fraction of sp³-hybridized carbons (Fsp3) is 0.636. The first-order valence-electron chi connectivity index (χ1n) is 5.62. The average molecular weight is 240 g/mol. The summed E-state index contributed by atoms with van der Waals surface area (Å²) in [5.74, 6) is -0.745. The molecule has 1 atom stereocenters. The van der Waals surface area contributed by atoms with Crippen molar-refractivity contribution in [3.63, 3.8) is 0 Å². The Balaban J connectivity index is 2.10. The Morgan fingerprint density at radius 2 is 2.25 bits per heavy atom. The van der Waals surface area contributed by atoms with E-state index in [-0.39, 0.29) is 12.5 Å². The molecule has 2 rings (SSSR count). The standard InChI is InChI=1S/C11H16N2O2S/c14-10(15)8-9(11-12-4-7-16-11)13-5-2-1-3-6-13/h4,7,9H,1-3,5-6,8H2,(H,14,15). The Labute approximate surface area is 98.9 Å². The summed E-state index contributed by atoms with van der Waals surface area (Å²) >= 11 is 1.55. The van der Waals surface area contributed by atoms with Gasteiger partial charge in [-0.3, -0.25) is 9.69 Å². The lowest BCUT2D eigenvalue weighted by atomic mass is 10.1. The van der Waals surface area contributed by atoms with Crippen LogP contribution in [0.2, 0.25) is 0 Å². The van der Waals surface area contributed by atoms with E-state index in [0.29, 0.717) is 0 Å². The van der Waals surface area contributed by atoms with Crippen LogP contribution < -0.4 is 0 Å². The van der Waals surface area contributed by atoms with Crippen LogP contribution in [0, 0.1) is 0 Å². The van der Waals surface area contributed by atoms with Gasteiger partial charge in [0.25, 0.3) is 0 Å². The molecule has 1 aromatic heterocycles. The van der Waals surface area contributed by atoms with Gasteiger partial charge in [-0.15, -0.1) is 11.3 Å². The minimum Gasteiger partial charge on any atom is -0.481 e. The number of rotatable bonds is 4. The first-order chi connectivity index (χ1) is 7.77. The van der Waals surface area contributed by atoms with Crippen molar-refractivity contribution in [2.24, 2.45) is 0 Å². The maximum atomic E-state index is 10.9. The molecular formula is C11H16N2O2S. The average Bonchev–Trinajstić information content (AvgIpc) is 2.80. The molecule has 16 heavy (non-hydrogen) atoms. The van der Waals surface area contributed by atoms with E-state index in [1.165, 1.54) is 19.3 Å². The van der Waals surface area contributed by atoms with Crippen molar-refractivity contribution < 1.29 is 9.90 Å². The van der Waals surface area contributed by atoms with Gasteiger partial charge in [-0.1, -0.05) is 6.42 Å². The normalized spacial score (nSPS) is 19.5. The third-order valence-electron chi connectivity index (χ3n) is 2.94. The molecule has 0 saturated carbocycles. The monoisotopic (exact) mass is 240 g/mol. The first-order valence-corrected chi connectivity index (χ1v) is 6.50. The smallest absolute Gasteiger partial charge is 0.305 e. The van der Waals surface area contributed by atoms with Crippen molar-refractivity contribution in [3.05, 3.63) is 16.6 Å². The lowest BCUT2D eigenvalue weighted by molar-refractivity contribution is -0.138. The Morgan fingerprint density at radius 1 is 1.50 bits per heavy atom. The van der Waals surface area contributed by atoms with Crippen LogP contribution in [-0.4, -0.2) is 34.0 Å². The number of aliphatic carboxylic acids is 1. The fourth-order valence-electron chi connectivity index (χ4n) is 2.17. The highest BCUT2D eigenvalue weighted by Gasteiger charge is 2.26. The van der Waals surface area contributed by atoms with Gasteiger partial charge in [0.15, 0.2) is 0 Å². The summed E-state index contributed by atoms with van der Waals surface area (Å²) in [5.41, 5.74) is 0. The Hall–Kier alpha value is -0.940. The van der Waals surface area contributed by atoms with E-state index in [4.69, 9.17) is 5.11 Å². The highest BCUT2D eigenvalue weighted by Crippen LogP contribution is 2.28. The fourth-order valence-corrected chi connectivity index (χ4v) is 2.94. The van der Waals surface area contributed by atoms with Gasteiger partial charge < -0.3 is 5.11 Å². The van der Waals surface area contributed by atoms with E-state index in [1.807, 2.05) is 5.38 Å². The molecule has 2 heterocycles. The number of carbonyl (C=O) groups is 1. The number of nitrogens with zero attached hydrogens (tertiary/aromatic N) is 2. The van der Waals surface area contributed by atoms with Crippen LogP contribution in [-0.2, 0) is 4.79 Å². The quantitative estimate of drug-likeness (QED) is 0.876. The molecule has 0 bridgehead atoms. The number of carboxylic acid groups (broad SMARTS) is 1. The molecular weight excluding hydrogens is 224 g/mol. The van der Waals surface area contributed by atoms with Gasteiger partial charge in [0.1, 0.15) is 5.01 Å². The van der Waals surface area contributed by atoms with E-state index in [2.05, 4.69) is 9.88 Å². The number of hydrogen-bond acceptors (Lipinski definition) is 4. The van der Waals surface area contributed by atoms with Crippen LogP contribution in [0.15, 0.2) is 11.6 Å². The van der Waals surface area contributed by atoms with Crippen LogP contribution in [0.5, 0.6) is 0 Å². The van der Waals surface area contributed by atoms with E-state index in [9.17, 15) is 4.79 Å². The Bertz CT molecular complexity index is 334. The summed E-state index contributed by atoms with van der Waals surface area (Å²) in [5, 5.41) is 11.8. The SMILES string of the molecule is O=C(O)CC(c1nccs1)N1CCCCC1. The van der Waals surface area contributed by atoms with Crippen molar-refractivity contribution >= 4 is 17.3 Å². The minimum absolute atomic E-state index is 0.0298. The lowest BCUT2D eigenvalue weighted by Crippen LogP contribution is -2.34. The van der Waals surface area contributed by atoms with Gasteiger partial charge in [-0.25, -0.2) is 4.98 Å². The zero-order valence-corrected chi connectivity index (χ0v) is 9.95. The molecule has 0 radical (unpaired) electrons. The van der Waals surface area contributed by atoms with Crippen LogP contribution in [0.4, 0.5) is 0 Å². The number of likely N-dealkylation sites (tertiary alicyclic amines) is 1. The van der Waals surface area contributed by atoms with Crippen molar-refractivity contribution in [1.82, 2.24) is 9.88 Å². The zero-order valence-electron chi connectivity index (χ0n) is 9.13. The van der Waals surface area contributed by atoms with Gasteiger partial charge in [0.2, 0.25) is 0 Å². The maximum absolute atomic E-state index is 10.9. The minimum atomic E-state index is -0.745. The summed E-state index contributed by atoms with van der Waals surface area (Å²) in [6.07, 6.45) is 5.50. The molecule has 4 nitrogen and oxygen atoms in total. The van der Waals surface area contributed by atoms with Crippen LogP contribution in [0.3, 0.4) is 0 Å². The highest BCUT2D eigenvalue weighted by atomic mass is 32.1. The Morgan fingerprint density at radius 3 is 2.81 bits per heavy atom. The molecule has 0 aliphatic carbocycles. The molecule has 0 spiro atoms. The molecule has 0 aromatic carbocycles. The van der Waals surface area contributed by atoms with Crippen LogP contribution >= 0.6 is 11.3 Å². The third-order valence-corrected chi connectivity index (χ3v) is 3.81. The number of piperidine rings is 1. The third kappa shape index (κ3) is 2.80. The van der Waals surface area contributed by atoms with Crippen molar-refractivity contribution in [2.45, 2.75) is 31.7 Å². The number of aromatic nitrogens is 1. The number of thiazole rings is 1. The number of carboxylic acids is 1. The Kier molecular flexibility index (Phi) is 3.90. The molecule has 1 unspecified atom stereocenters. The van der Waals surface area contributed by atoms with Gasteiger partial charge in [-0.2, -0.15) is 0 Å². The second kappa shape index (κ2) is 5.41. The van der Waals surface area contributed by atoms with E-state index < -0.39 is 5.97 Å². The van der Waals surface area contributed by atoms with Crippen LogP contribution in [0.25, 0.3) is 0 Å². The van der Waals surface area contributed by atoms with Gasteiger partial charge in [0.05, 0.1) is 12.5 Å². The molecule has 1 aliphatic heterocycles. The maximum Gasteiger partial charge on any atom is 0.305 e. The predicted molar refractivity (Wildman–Crippen MR) is 62.5 cm³/mol. The molecule has 1 N–H and O–H groups in total. The van der Waals surface area contributed by atoms with Gasteiger partial charge >= 0.3 is 5.97 Å². The second-order valence-corrected chi connectivity index (χ2v) is 5.01. The summed E-state index contributed by atoms with van der Waals surface area (Å²) in [6.45, 7) is 2.00. The van der Waals surface area contributed by atoms with Gasteiger partial charge in [0, 0.05) is 11.6 Å². The molecule has 88 valence electrons. The molecule has 5 heteroatoms. The number of hydrogen-bond donors (Lipinski definition) is 1. The zero-order chi connectivity index (χ0) is 11.4. The largest absolute Gasteiger partial charge is 0.481 e. The van der Waals surface area contributed by atoms with E-state index in [0.717, 1.165) is 18.1 Å². The summed E-state index contributed by atoms with van der Waals surface area (Å²) in [4.78, 5) is 17.4. The van der Waals surface area contributed by atoms with Gasteiger partial charge in [-0.05, 0) is 25.9 Å². The van der Waals surface area contributed by atoms with Crippen molar-refractivity contribution in [3.8, 4) is 0 Å². The summed E-state index contributed by atoms with van der Waals surface area (Å²) < 4.78 is 0. The van der Waals surface area contributed by atoms with E-state index >= 15 is 0 Å². The summed E-state index contributed by atoms with van der Waals surface area (Å²) in [6, 6.07) is -0.0298. The van der Waals surface area contributed by atoms with Crippen molar-refractivity contribution in [2.75, 3.05) is 13.1 Å². The topological polar surface area (TPSA) is 53.4 Å². The summed E-state index contributed by atoms with van der Waals surface area (Å²) in [7, 11) is 0. The van der Waals surface area contributed by atoms with Crippen molar-refractivity contribution in [1.29, 1.82) is 0 Å². The first kappa shape index (κ1) is 11.5. The molecule has 0 amide bonds. The molecule has 1 aromatic rings. The lowest BCUT2D eigenvalue weighted by Gasteiger charge is -2.32. The molecule has 1 fully saturated rings. The molecule has 1 aliphatic rings. The van der Waals surface area contributed by atoms with E-state index in [1.54, 1.807) is 17.5 Å². The highest BCUT2D eigenvalue weighted by molar-refractivity contribution is 7.09. The molecule has 1 saturated heterocycles. The second-order valence-electron chi connectivity index (χ2n) is 4.08.